The normalized spacial score (nSPS) is 15.4. The molecule has 0 bridgehead atoms. The number of halogens is 1. The van der Waals surface area contributed by atoms with Crippen LogP contribution < -0.4 is 0 Å². The summed E-state index contributed by atoms with van der Waals surface area (Å²) in [6.07, 6.45) is 0. The molecule has 0 N–H and O–H groups in total. The van der Waals surface area contributed by atoms with Crippen molar-refractivity contribution in [3.05, 3.63) is 35.4 Å². The van der Waals surface area contributed by atoms with Crippen molar-refractivity contribution in [2.45, 2.75) is 6.54 Å². The summed E-state index contributed by atoms with van der Waals surface area (Å²) in [5.41, 5.74) is 1.98. The summed E-state index contributed by atoms with van der Waals surface area (Å²) < 4.78 is 1.70. The van der Waals surface area contributed by atoms with Gasteiger partial charge in [-0.3, -0.25) is 7.91 Å². The van der Waals surface area contributed by atoms with Gasteiger partial charge in [-0.2, -0.15) is 0 Å². The number of carbonyl (C=O) groups is 1. The smallest absolute Gasteiger partial charge is 0.263 e. The maximum absolute atomic E-state index is 11.3. The van der Waals surface area contributed by atoms with Gasteiger partial charge in [0.2, 0.25) is 0 Å². The van der Waals surface area contributed by atoms with Crippen LogP contribution in [-0.2, 0) is 6.54 Å². The highest BCUT2D eigenvalue weighted by atomic mass is 127. The van der Waals surface area contributed by atoms with Crippen molar-refractivity contribution < 1.29 is 4.79 Å². The molecule has 0 fully saturated rings. The van der Waals surface area contributed by atoms with Crippen molar-refractivity contribution in [3.8, 4) is 0 Å². The molecule has 0 spiro atoms. The van der Waals surface area contributed by atoms with Gasteiger partial charge in [-0.05, 0) is 11.6 Å². The molecule has 56 valence electrons. The molecular formula is C8H6INO. The Morgan fingerprint density at radius 3 is 2.82 bits per heavy atom. The highest BCUT2D eigenvalue weighted by Crippen LogP contribution is 2.24. The van der Waals surface area contributed by atoms with E-state index >= 15 is 0 Å². The van der Waals surface area contributed by atoms with Gasteiger partial charge in [-0.15, -0.1) is 0 Å². The number of carbonyl (C=O) groups excluding carboxylic acids is 1. The minimum Gasteiger partial charge on any atom is -0.276 e. The number of hydrogen-bond acceptors (Lipinski definition) is 1. The van der Waals surface area contributed by atoms with Crippen LogP contribution in [-0.4, -0.2) is 9.02 Å². The Hall–Kier alpha value is -0.580. The average molecular weight is 259 g/mol. The second-order valence-corrected chi connectivity index (χ2v) is 3.65. The van der Waals surface area contributed by atoms with E-state index in [1.54, 1.807) is 3.11 Å². The van der Waals surface area contributed by atoms with Crippen molar-refractivity contribution >= 4 is 28.8 Å². The van der Waals surface area contributed by atoms with Crippen LogP contribution in [0.1, 0.15) is 15.9 Å². The van der Waals surface area contributed by atoms with Crippen molar-refractivity contribution in [2.24, 2.45) is 0 Å². The summed E-state index contributed by atoms with van der Waals surface area (Å²) >= 11 is 2.04. The van der Waals surface area contributed by atoms with Crippen LogP contribution in [0.2, 0.25) is 0 Å². The van der Waals surface area contributed by atoms with Gasteiger partial charge in [0.25, 0.3) is 5.91 Å². The zero-order valence-corrected chi connectivity index (χ0v) is 7.91. The van der Waals surface area contributed by atoms with E-state index in [1.807, 2.05) is 47.1 Å². The molecule has 0 saturated carbocycles. The van der Waals surface area contributed by atoms with Crippen LogP contribution in [0.3, 0.4) is 0 Å². The third kappa shape index (κ3) is 1.03. The van der Waals surface area contributed by atoms with E-state index < -0.39 is 0 Å². The Morgan fingerprint density at radius 2 is 2.09 bits per heavy atom. The number of hydrogen-bond donors (Lipinski definition) is 0. The second kappa shape index (κ2) is 2.48. The van der Waals surface area contributed by atoms with Crippen LogP contribution in [0.15, 0.2) is 24.3 Å². The van der Waals surface area contributed by atoms with Crippen molar-refractivity contribution in [1.29, 1.82) is 0 Å². The molecule has 1 aromatic carbocycles. The van der Waals surface area contributed by atoms with Crippen molar-refractivity contribution in [2.75, 3.05) is 0 Å². The molecule has 3 heteroatoms. The molecule has 1 amide bonds. The Bertz CT molecular complexity index is 311. The van der Waals surface area contributed by atoms with Gasteiger partial charge >= 0.3 is 0 Å². The predicted octanol–water partition coefficient (Wildman–Crippen LogP) is 1.99. The Labute approximate surface area is 78.7 Å². The first-order valence-corrected chi connectivity index (χ1v) is 4.31. The minimum absolute atomic E-state index is 0.126. The first-order valence-electron chi connectivity index (χ1n) is 3.34. The fourth-order valence-electron chi connectivity index (χ4n) is 1.22. The molecule has 2 nitrogen and oxygen atoms in total. The van der Waals surface area contributed by atoms with Gasteiger partial charge in [0.05, 0.1) is 29.4 Å². The van der Waals surface area contributed by atoms with Gasteiger partial charge in [0.1, 0.15) is 0 Å². The lowest BCUT2D eigenvalue weighted by atomic mass is 10.1. The van der Waals surface area contributed by atoms with E-state index in [-0.39, 0.29) is 5.91 Å². The molecule has 0 aliphatic carbocycles. The summed E-state index contributed by atoms with van der Waals surface area (Å²) in [5, 5.41) is 0. The summed E-state index contributed by atoms with van der Waals surface area (Å²) in [5.74, 6) is 0.126. The van der Waals surface area contributed by atoms with Gasteiger partial charge in [0, 0.05) is 5.56 Å². The van der Waals surface area contributed by atoms with Crippen molar-refractivity contribution in [3.63, 3.8) is 0 Å². The quantitative estimate of drug-likeness (QED) is 0.515. The molecular weight excluding hydrogens is 253 g/mol. The molecule has 1 aromatic rings. The van der Waals surface area contributed by atoms with E-state index in [2.05, 4.69) is 0 Å². The van der Waals surface area contributed by atoms with Crippen LogP contribution in [0.5, 0.6) is 0 Å². The number of benzene rings is 1. The Balaban J connectivity index is 2.55. The van der Waals surface area contributed by atoms with Crippen LogP contribution in [0.25, 0.3) is 0 Å². The molecule has 0 saturated heterocycles. The standard InChI is InChI=1S/C8H6INO/c9-10-5-6-3-1-2-4-7(6)8(10)11/h1-4H,5H2. The van der Waals surface area contributed by atoms with Crippen molar-refractivity contribution in [1.82, 2.24) is 3.11 Å². The lowest BCUT2D eigenvalue weighted by Gasteiger charge is -2.00. The number of nitrogens with zero attached hydrogens (tertiary/aromatic N) is 1. The van der Waals surface area contributed by atoms with Crippen LogP contribution in [0, 0.1) is 0 Å². The molecule has 0 aromatic heterocycles. The number of fused-ring (bicyclic) bond motifs is 1. The van der Waals surface area contributed by atoms with Gasteiger partial charge in [-0.25, -0.2) is 0 Å². The lowest BCUT2D eigenvalue weighted by molar-refractivity contribution is 0.0905. The van der Waals surface area contributed by atoms with E-state index in [0.717, 1.165) is 17.7 Å². The molecule has 0 atom stereocenters. The van der Waals surface area contributed by atoms with E-state index in [1.165, 1.54) is 0 Å². The first-order chi connectivity index (χ1) is 5.29. The Kier molecular flexibility index (Phi) is 1.60. The molecule has 1 heterocycles. The summed E-state index contributed by atoms with van der Waals surface area (Å²) in [6, 6.07) is 7.72. The number of amides is 1. The summed E-state index contributed by atoms with van der Waals surface area (Å²) in [7, 11) is 0. The maximum atomic E-state index is 11.3. The van der Waals surface area contributed by atoms with Crippen LogP contribution >= 0.6 is 22.9 Å². The molecule has 0 radical (unpaired) electrons. The summed E-state index contributed by atoms with van der Waals surface area (Å²) in [6.45, 7) is 0.746. The highest BCUT2D eigenvalue weighted by Gasteiger charge is 2.24. The zero-order chi connectivity index (χ0) is 7.84. The molecule has 11 heavy (non-hydrogen) atoms. The largest absolute Gasteiger partial charge is 0.276 e. The molecule has 1 aliphatic rings. The molecule has 0 unspecified atom stereocenters. The summed E-state index contributed by atoms with van der Waals surface area (Å²) in [4.78, 5) is 11.3. The van der Waals surface area contributed by atoms with Gasteiger partial charge in [0.15, 0.2) is 0 Å². The Morgan fingerprint density at radius 1 is 1.36 bits per heavy atom. The number of rotatable bonds is 0. The van der Waals surface area contributed by atoms with Crippen LogP contribution in [0.4, 0.5) is 0 Å². The minimum atomic E-state index is 0.126. The first kappa shape index (κ1) is 7.09. The third-order valence-electron chi connectivity index (χ3n) is 1.78. The van der Waals surface area contributed by atoms with E-state index in [0.29, 0.717) is 0 Å². The monoisotopic (exact) mass is 259 g/mol. The average Bonchev–Trinajstić information content (AvgIpc) is 2.30. The fourth-order valence-corrected chi connectivity index (χ4v) is 1.85. The highest BCUT2D eigenvalue weighted by molar-refractivity contribution is 14.1. The molecule has 2 rings (SSSR count). The maximum Gasteiger partial charge on any atom is 0.263 e. The van der Waals surface area contributed by atoms with E-state index in [4.69, 9.17) is 0 Å². The second-order valence-electron chi connectivity index (χ2n) is 2.48. The lowest BCUT2D eigenvalue weighted by Crippen LogP contribution is -2.09. The predicted molar refractivity (Wildman–Crippen MR) is 50.3 cm³/mol. The van der Waals surface area contributed by atoms with E-state index in [9.17, 15) is 4.79 Å². The topological polar surface area (TPSA) is 20.3 Å². The zero-order valence-electron chi connectivity index (χ0n) is 5.75. The third-order valence-corrected chi connectivity index (χ3v) is 2.56. The SMILES string of the molecule is O=C1c2ccccc2CN1I. The fraction of sp³-hybridized carbons (Fsp3) is 0.125. The van der Waals surface area contributed by atoms with Gasteiger partial charge < -0.3 is 0 Å². The van der Waals surface area contributed by atoms with Gasteiger partial charge in [-0.1, -0.05) is 18.2 Å². The molecule has 1 aliphatic heterocycles.